The van der Waals surface area contributed by atoms with Gasteiger partial charge in [0.15, 0.2) is 20.9 Å². The topological polar surface area (TPSA) is 141 Å². The molecule has 37 heavy (non-hydrogen) atoms. The van der Waals surface area contributed by atoms with Crippen molar-refractivity contribution in [3.63, 3.8) is 0 Å². The van der Waals surface area contributed by atoms with Crippen molar-refractivity contribution in [3.8, 4) is 0 Å². The number of nitrogens with two attached hydrogens (primary N) is 2. The second kappa shape index (κ2) is 17.5. The number of carbonyl (C=O) groups excluding carboxylic acids is 1. The monoisotopic (exact) mass is 549 g/mol. The van der Waals surface area contributed by atoms with E-state index in [1.807, 2.05) is 65.0 Å². The van der Waals surface area contributed by atoms with E-state index < -0.39 is 9.84 Å². The number of nitrogens with zero attached hydrogens (tertiary/aromatic N) is 2. The maximum atomic E-state index is 11.7. The molecule has 0 aliphatic heterocycles. The largest absolute Gasteiger partial charge is 0.370 e. The Morgan fingerprint density at radius 2 is 1.76 bits per heavy atom. The molecule has 2 rings (SSSR count). The highest BCUT2D eigenvalue weighted by atomic mass is 32.2. The summed E-state index contributed by atoms with van der Waals surface area (Å²) in [5.74, 6) is 0.0961. The van der Waals surface area contributed by atoms with E-state index in [0.717, 1.165) is 29.0 Å². The van der Waals surface area contributed by atoms with E-state index >= 15 is 0 Å². The summed E-state index contributed by atoms with van der Waals surface area (Å²) < 4.78 is 23.4. The molecule has 5 N–H and O–H groups in total. The number of rotatable bonds is 10. The predicted octanol–water partition coefficient (Wildman–Crippen LogP) is 5.45. The zero-order chi connectivity index (χ0) is 28.6. The number of thiazole rings is 1. The maximum absolute atomic E-state index is 11.7. The van der Waals surface area contributed by atoms with Gasteiger partial charge >= 0.3 is 0 Å². The van der Waals surface area contributed by atoms with Crippen LogP contribution in [0.2, 0.25) is 0 Å². The third-order valence-corrected chi connectivity index (χ3v) is 6.90. The van der Waals surface area contributed by atoms with Crippen molar-refractivity contribution in [2.75, 3.05) is 11.6 Å². The third kappa shape index (κ3) is 13.2. The average molecular weight is 550 g/mol. The van der Waals surface area contributed by atoms with Crippen LogP contribution in [0.3, 0.4) is 0 Å². The van der Waals surface area contributed by atoms with Gasteiger partial charge in [-0.25, -0.2) is 18.4 Å². The van der Waals surface area contributed by atoms with Crippen LogP contribution in [0, 0.1) is 5.92 Å². The summed E-state index contributed by atoms with van der Waals surface area (Å²) in [5, 5.41) is 3.33. The van der Waals surface area contributed by atoms with Crippen LogP contribution in [-0.2, 0) is 27.5 Å². The Hall–Kier alpha value is -2.98. The molecular formula is C27H43N5O3S2. The average Bonchev–Trinajstić information content (AvgIpc) is 3.22. The smallest absolute Gasteiger partial charge is 0.223 e. The number of carbonyl (C=O) groups is 1. The van der Waals surface area contributed by atoms with E-state index in [2.05, 4.69) is 22.2 Å². The molecule has 0 aliphatic rings. The van der Waals surface area contributed by atoms with Crippen molar-refractivity contribution >= 4 is 38.2 Å². The number of guanidine groups is 1. The van der Waals surface area contributed by atoms with Gasteiger partial charge in [-0.05, 0) is 49.5 Å². The summed E-state index contributed by atoms with van der Waals surface area (Å²) in [7, 11) is -3.24. The molecule has 206 valence electrons. The number of aliphatic imine (C=N–C) groups is 1. The van der Waals surface area contributed by atoms with Gasteiger partial charge < -0.3 is 16.8 Å². The second-order valence-electron chi connectivity index (χ2n) is 7.79. The molecule has 0 aliphatic carbocycles. The van der Waals surface area contributed by atoms with Crippen LogP contribution in [0.15, 0.2) is 58.1 Å². The first-order valence-electron chi connectivity index (χ1n) is 12.5. The molecule has 0 fully saturated rings. The maximum Gasteiger partial charge on any atom is 0.223 e. The molecule has 0 saturated heterocycles. The van der Waals surface area contributed by atoms with Gasteiger partial charge in [-0.15, -0.1) is 11.3 Å². The Morgan fingerprint density at radius 3 is 2.24 bits per heavy atom. The number of hydrogen-bond acceptors (Lipinski definition) is 6. The molecule has 0 spiro atoms. The lowest BCUT2D eigenvalue weighted by Crippen LogP contribution is -2.22. The fourth-order valence-electron chi connectivity index (χ4n) is 3.03. The van der Waals surface area contributed by atoms with Crippen LogP contribution >= 0.6 is 11.3 Å². The van der Waals surface area contributed by atoms with Crippen molar-refractivity contribution in [3.05, 3.63) is 64.3 Å². The Labute approximate surface area is 226 Å². The van der Waals surface area contributed by atoms with Gasteiger partial charge in [0.1, 0.15) is 0 Å². The fraction of sp³-hybridized carbons (Fsp3) is 0.444. The minimum absolute atomic E-state index is 0.0163. The number of hydrogen-bond donors (Lipinski definition) is 3. The van der Waals surface area contributed by atoms with E-state index in [1.54, 1.807) is 12.1 Å². The van der Waals surface area contributed by atoms with Gasteiger partial charge in [0.2, 0.25) is 5.91 Å². The summed E-state index contributed by atoms with van der Waals surface area (Å²) in [6.45, 7) is 13.4. The summed E-state index contributed by atoms with van der Waals surface area (Å²) >= 11 is 1.44. The van der Waals surface area contributed by atoms with Crippen LogP contribution in [-0.4, -0.2) is 31.5 Å². The molecule has 8 nitrogen and oxygen atoms in total. The Kier molecular flexibility index (Phi) is 16.1. The summed E-state index contributed by atoms with van der Waals surface area (Å²) in [4.78, 5) is 21.5. The highest BCUT2D eigenvalue weighted by molar-refractivity contribution is 7.90. The molecule has 1 aromatic carbocycles. The first-order chi connectivity index (χ1) is 17.5. The number of aryl methyl sites for hydroxylation is 1. The summed E-state index contributed by atoms with van der Waals surface area (Å²) in [6, 6.07) is 6.85. The van der Waals surface area contributed by atoms with Crippen molar-refractivity contribution < 1.29 is 13.2 Å². The van der Waals surface area contributed by atoms with E-state index in [-0.39, 0.29) is 22.7 Å². The molecule has 0 radical (unpaired) electrons. The highest BCUT2D eigenvalue weighted by Crippen LogP contribution is 2.28. The number of aromatic nitrogens is 1. The minimum Gasteiger partial charge on any atom is -0.370 e. The van der Waals surface area contributed by atoms with Gasteiger partial charge in [0.05, 0.1) is 16.3 Å². The summed E-state index contributed by atoms with van der Waals surface area (Å²) in [6.07, 6.45) is 9.13. The van der Waals surface area contributed by atoms with Gasteiger partial charge in [0, 0.05) is 24.5 Å². The molecule has 1 atom stereocenters. The molecule has 1 amide bonds. The van der Waals surface area contributed by atoms with E-state index in [1.165, 1.54) is 24.5 Å². The van der Waals surface area contributed by atoms with Gasteiger partial charge in [0.25, 0.3) is 0 Å². The van der Waals surface area contributed by atoms with Crippen molar-refractivity contribution in [2.45, 2.75) is 72.6 Å². The van der Waals surface area contributed by atoms with Crippen molar-refractivity contribution in [1.29, 1.82) is 0 Å². The molecule has 1 heterocycles. The van der Waals surface area contributed by atoms with Crippen LogP contribution in [0.5, 0.6) is 0 Å². The molecular weight excluding hydrogens is 506 g/mol. The van der Waals surface area contributed by atoms with Crippen molar-refractivity contribution in [2.24, 2.45) is 22.4 Å². The lowest BCUT2D eigenvalue weighted by atomic mass is 10.0. The molecule has 2 aromatic rings. The Morgan fingerprint density at radius 1 is 1.16 bits per heavy atom. The quantitative estimate of drug-likeness (QED) is 0.204. The first-order valence-corrected chi connectivity index (χ1v) is 15.2. The number of amides is 1. The molecule has 0 bridgehead atoms. The van der Waals surface area contributed by atoms with Crippen molar-refractivity contribution in [1.82, 2.24) is 4.98 Å². The highest BCUT2D eigenvalue weighted by Gasteiger charge is 2.14. The predicted molar refractivity (Wildman–Crippen MR) is 158 cm³/mol. The van der Waals surface area contributed by atoms with Crippen LogP contribution in [0.25, 0.3) is 0 Å². The lowest BCUT2D eigenvalue weighted by Gasteiger charge is -2.07. The second-order valence-corrected chi connectivity index (χ2v) is 10.9. The number of sulfone groups is 1. The standard InChI is InChI=1S/C23H31N5O3S2.2C2H6/c1-5-18(27-22(24)25)10-6-15(2)7-13-20-21(32-23(28-20)26-16(3)29)14-17-8-11-19(12-9-17)33(4,30)31;2*1-2/h5-6,8-12,15H,7,13-14H2,1-4H3,(H4,24,25,27)(H,26,28,29);2*1-2H3/b10-6-,18-5+;;. The lowest BCUT2D eigenvalue weighted by molar-refractivity contribution is -0.114. The van der Waals surface area contributed by atoms with E-state index in [9.17, 15) is 13.2 Å². The first kappa shape index (κ1) is 34.0. The number of benzene rings is 1. The van der Waals surface area contributed by atoms with Gasteiger partial charge in [-0.2, -0.15) is 0 Å². The van der Waals surface area contributed by atoms with E-state index in [4.69, 9.17) is 11.5 Å². The Balaban J connectivity index is 0.00000308. The molecule has 10 heteroatoms. The zero-order valence-electron chi connectivity index (χ0n) is 23.3. The normalized spacial score (nSPS) is 12.1. The molecule has 1 unspecified atom stereocenters. The third-order valence-electron chi connectivity index (χ3n) is 4.76. The van der Waals surface area contributed by atoms with Gasteiger partial charge in [-0.3, -0.25) is 4.79 Å². The molecule has 1 aromatic heterocycles. The number of nitrogens with one attached hydrogen (secondary N) is 1. The van der Waals surface area contributed by atoms with E-state index in [0.29, 0.717) is 17.2 Å². The van der Waals surface area contributed by atoms with Crippen LogP contribution < -0.4 is 16.8 Å². The molecule has 0 saturated carbocycles. The Bertz CT molecular complexity index is 1160. The van der Waals surface area contributed by atoms with Crippen LogP contribution in [0.1, 0.15) is 71.0 Å². The SMILES string of the molecule is C/C=C(\C=C/C(C)CCc1nc(NC(C)=O)sc1Cc1ccc(S(C)(=O)=O)cc1)N=C(N)N.CC.CC. The van der Waals surface area contributed by atoms with Crippen LogP contribution in [0.4, 0.5) is 5.13 Å². The number of allylic oxidation sites excluding steroid dienone is 3. The van der Waals surface area contributed by atoms with Gasteiger partial charge in [-0.1, -0.05) is 58.9 Å². The number of anilines is 1. The fourth-order valence-corrected chi connectivity index (χ4v) is 4.75. The summed E-state index contributed by atoms with van der Waals surface area (Å²) in [5.41, 5.74) is 13.5. The zero-order valence-corrected chi connectivity index (χ0v) is 25.0. The minimum atomic E-state index is -3.24.